The van der Waals surface area contributed by atoms with Gasteiger partial charge in [-0.05, 0) is 24.3 Å². The van der Waals surface area contributed by atoms with E-state index < -0.39 is 5.91 Å². The van der Waals surface area contributed by atoms with Crippen LogP contribution in [0.3, 0.4) is 0 Å². The van der Waals surface area contributed by atoms with E-state index in [1.54, 1.807) is 36.3 Å². The summed E-state index contributed by atoms with van der Waals surface area (Å²) in [5.74, 6) is -0.464. The third kappa shape index (κ3) is 4.11. The third-order valence-electron chi connectivity index (χ3n) is 3.72. The molecule has 1 aliphatic heterocycles. The molecule has 2 N–H and O–H groups in total. The molecular weight excluding hydrogens is 308 g/mol. The molecule has 1 aliphatic rings. The summed E-state index contributed by atoms with van der Waals surface area (Å²) in [5.41, 5.74) is 5.38. The quantitative estimate of drug-likeness (QED) is 0.843. The van der Waals surface area contributed by atoms with Gasteiger partial charge in [-0.25, -0.2) is 0 Å². The van der Waals surface area contributed by atoms with Gasteiger partial charge in [-0.15, -0.1) is 0 Å². The lowest BCUT2D eigenvalue weighted by Crippen LogP contribution is -2.34. The van der Waals surface area contributed by atoms with Crippen LogP contribution < -0.4 is 10.5 Å². The van der Waals surface area contributed by atoms with Gasteiger partial charge in [0.2, 0.25) is 5.91 Å². The number of hydrogen-bond acceptors (Lipinski definition) is 4. The maximum atomic E-state index is 12.2. The number of rotatable bonds is 6. The Labute approximate surface area is 134 Å². The minimum absolute atomic E-state index is 0.0676. The standard InChI is InChI=1S/C15H19ClN2O4/c1-21-8-10-6-18(7-13(10)15(17)20)14(19)9-22-12-4-2-11(16)3-5-12/h2-5,10,13H,6-9H2,1H3,(H2,17,20). The van der Waals surface area contributed by atoms with Crippen LogP contribution in [0.15, 0.2) is 24.3 Å². The molecule has 1 aromatic rings. The number of primary amides is 1. The van der Waals surface area contributed by atoms with Crippen LogP contribution in [0.25, 0.3) is 0 Å². The van der Waals surface area contributed by atoms with Crippen molar-refractivity contribution in [1.82, 2.24) is 4.90 Å². The average Bonchev–Trinajstić information content (AvgIpc) is 2.91. The van der Waals surface area contributed by atoms with Crippen molar-refractivity contribution >= 4 is 23.4 Å². The summed E-state index contributed by atoms with van der Waals surface area (Å²) in [6, 6.07) is 6.77. The predicted molar refractivity (Wildman–Crippen MR) is 81.6 cm³/mol. The molecule has 2 rings (SSSR count). The SMILES string of the molecule is COCC1CN(C(=O)COc2ccc(Cl)cc2)CC1C(N)=O. The minimum Gasteiger partial charge on any atom is -0.484 e. The molecule has 120 valence electrons. The van der Waals surface area contributed by atoms with Gasteiger partial charge in [-0.3, -0.25) is 9.59 Å². The van der Waals surface area contributed by atoms with Crippen molar-refractivity contribution in [3.05, 3.63) is 29.3 Å². The largest absolute Gasteiger partial charge is 0.484 e. The zero-order valence-corrected chi connectivity index (χ0v) is 13.1. The molecule has 1 aromatic carbocycles. The number of amides is 2. The molecule has 2 atom stereocenters. The molecule has 1 fully saturated rings. The van der Waals surface area contributed by atoms with E-state index >= 15 is 0 Å². The van der Waals surface area contributed by atoms with E-state index in [4.69, 9.17) is 26.8 Å². The lowest BCUT2D eigenvalue weighted by molar-refractivity contribution is -0.132. The lowest BCUT2D eigenvalue weighted by Gasteiger charge is -2.16. The fraction of sp³-hybridized carbons (Fsp3) is 0.467. The zero-order valence-electron chi connectivity index (χ0n) is 12.3. The Bertz CT molecular complexity index is 535. The number of carbonyl (C=O) groups excluding carboxylic acids is 2. The van der Waals surface area contributed by atoms with Gasteiger partial charge in [0.1, 0.15) is 5.75 Å². The second-order valence-corrected chi connectivity index (χ2v) is 5.70. The highest BCUT2D eigenvalue weighted by molar-refractivity contribution is 6.30. The summed E-state index contributed by atoms with van der Waals surface area (Å²) in [7, 11) is 1.56. The number of ether oxygens (including phenoxy) is 2. The van der Waals surface area contributed by atoms with E-state index in [1.807, 2.05) is 0 Å². The molecule has 1 heterocycles. The summed E-state index contributed by atoms with van der Waals surface area (Å²) in [6.07, 6.45) is 0. The summed E-state index contributed by atoms with van der Waals surface area (Å²) >= 11 is 5.78. The molecule has 6 nitrogen and oxygen atoms in total. The number of likely N-dealkylation sites (tertiary alicyclic amines) is 1. The Morgan fingerprint density at radius 2 is 2.00 bits per heavy atom. The molecule has 0 radical (unpaired) electrons. The third-order valence-corrected chi connectivity index (χ3v) is 3.97. The first-order valence-corrected chi connectivity index (χ1v) is 7.33. The summed E-state index contributed by atoms with van der Waals surface area (Å²) < 4.78 is 10.5. The highest BCUT2D eigenvalue weighted by Crippen LogP contribution is 2.24. The summed E-state index contributed by atoms with van der Waals surface area (Å²) in [4.78, 5) is 25.2. The minimum atomic E-state index is -0.407. The van der Waals surface area contributed by atoms with Gasteiger partial charge in [-0.2, -0.15) is 0 Å². The highest BCUT2D eigenvalue weighted by Gasteiger charge is 2.38. The van der Waals surface area contributed by atoms with Crippen molar-refractivity contribution in [1.29, 1.82) is 0 Å². The first kappa shape index (κ1) is 16.6. The van der Waals surface area contributed by atoms with Crippen molar-refractivity contribution in [3.63, 3.8) is 0 Å². The van der Waals surface area contributed by atoms with Gasteiger partial charge in [0.25, 0.3) is 5.91 Å². The Hall–Kier alpha value is -1.79. The van der Waals surface area contributed by atoms with Crippen molar-refractivity contribution in [2.45, 2.75) is 0 Å². The first-order chi connectivity index (χ1) is 10.5. The average molecular weight is 327 g/mol. The molecular formula is C15H19ClN2O4. The van der Waals surface area contributed by atoms with Crippen LogP contribution in [-0.2, 0) is 14.3 Å². The van der Waals surface area contributed by atoms with Gasteiger partial charge in [0.15, 0.2) is 6.61 Å². The van der Waals surface area contributed by atoms with E-state index in [1.165, 1.54) is 0 Å². The normalized spacial score (nSPS) is 20.9. The zero-order chi connectivity index (χ0) is 16.1. The van der Waals surface area contributed by atoms with Crippen LogP contribution >= 0.6 is 11.6 Å². The molecule has 0 aliphatic carbocycles. The van der Waals surface area contributed by atoms with Crippen LogP contribution in [-0.4, -0.2) is 50.1 Å². The summed E-state index contributed by atoms with van der Waals surface area (Å²) in [5, 5.41) is 0.602. The fourth-order valence-electron chi connectivity index (χ4n) is 2.55. The van der Waals surface area contributed by atoms with E-state index in [0.717, 1.165) is 0 Å². The number of carbonyl (C=O) groups is 2. The predicted octanol–water partition coefficient (Wildman–Crippen LogP) is 0.925. The number of hydrogen-bond donors (Lipinski definition) is 1. The monoisotopic (exact) mass is 326 g/mol. The number of benzene rings is 1. The van der Waals surface area contributed by atoms with Gasteiger partial charge >= 0.3 is 0 Å². The second-order valence-electron chi connectivity index (χ2n) is 5.27. The second kappa shape index (κ2) is 7.47. The van der Waals surface area contributed by atoms with Crippen molar-refractivity contribution in [3.8, 4) is 5.75 Å². The van der Waals surface area contributed by atoms with Crippen LogP contribution in [0.2, 0.25) is 5.02 Å². The fourth-order valence-corrected chi connectivity index (χ4v) is 2.67. The Morgan fingerprint density at radius 1 is 1.32 bits per heavy atom. The smallest absolute Gasteiger partial charge is 0.260 e. The molecule has 2 unspecified atom stereocenters. The maximum absolute atomic E-state index is 12.2. The Morgan fingerprint density at radius 3 is 2.59 bits per heavy atom. The van der Waals surface area contributed by atoms with E-state index in [9.17, 15) is 9.59 Å². The molecule has 22 heavy (non-hydrogen) atoms. The number of nitrogens with two attached hydrogens (primary N) is 1. The number of nitrogens with zero attached hydrogens (tertiary/aromatic N) is 1. The Kier molecular flexibility index (Phi) is 5.63. The van der Waals surface area contributed by atoms with E-state index in [2.05, 4.69) is 0 Å². The molecule has 7 heteroatoms. The molecule has 0 bridgehead atoms. The van der Waals surface area contributed by atoms with Crippen LogP contribution in [0, 0.1) is 11.8 Å². The van der Waals surface area contributed by atoms with Gasteiger partial charge < -0.3 is 20.1 Å². The van der Waals surface area contributed by atoms with Gasteiger partial charge in [-0.1, -0.05) is 11.6 Å². The topological polar surface area (TPSA) is 81.9 Å². The van der Waals surface area contributed by atoms with Crippen molar-refractivity contribution < 1.29 is 19.1 Å². The lowest BCUT2D eigenvalue weighted by atomic mass is 9.96. The van der Waals surface area contributed by atoms with Gasteiger partial charge in [0.05, 0.1) is 12.5 Å². The Balaban J connectivity index is 1.90. The highest BCUT2D eigenvalue weighted by atomic mass is 35.5. The van der Waals surface area contributed by atoms with Crippen LogP contribution in [0.5, 0.6) is 5.75 Å². The number of methoxy groups -OCH3 is 1. The van der Waals surface area contributed by atoms with Crippen molar-refractivity contribution in [2.24, 2.45) is 17.6 Å². The molecule has 1 saturated heterocycles. The molecule has 0 aromatic heterocycles. The van der Waals surface area contributed by atoms with Gasteiger partial charge in [0, 0.05) is 31.1 Å². The molecule has 2 amide bonds. The van der Waals surface area contributed by atoms with E-state index in [-0.39, 0.29) is 24.3 Å². The molecule has 0 spiro atoms. The first-order valence-electron chi connectivity index (χ1n) is 6.95. The number of halogens is 1. The summed E-state index contributed by atoms with van der Waals surface area (Å²) in [6.45, 7) is 1.07. The van der Waals surface area contributed by atoms with Crippen molar-refractivity contribution in [2.75, 3.05) is 33.4 Å². The van der Waals surface area contributed by atoms with Crippen LogP contribution in [0.1, 0.15) is 0 Å². The van der Waals surface area contributed by atoms with E-state index in [0.29, 0.717) is 30.5 Å². The maximum Gasteiger partial charge on any atom is 0.260 e. The van der Waals surface area contributed by atoms with Crippen LogP contribution in [0.4, 0.5) is 0 Å². The molecule has 0 saturated carbocycles.